The molecule has 0 N–H and O–H groups in total. The van der Waals surface area contributed by atoms with Gasteiger partial charge in [0.15, 0.2) is 5.52 Å². The Morgan fingerprint density at radius 1 is 0.649 bits per heavy atom. The topological polar surface area (TPSA) is 44.8 Å². The molecule has 6 heteroatoms. The van der Waals surface area contributed by atoms with Gasteiger partial charge < -0.3 is 14.2 Å². The maximum absolute atomic E-state index is 13.8. The standard InChI is InChI=1S/C31H47O4P.Li.H/c1-19-15-21(28(3,4)5)16-20(2)25(19)27(32)36-26-23(34-30(9,10)11)17-22(33-29(6,7)8)18-24(26)35-31(12,13)14;;/h15-18,36H,1-14H3;;. The molecule has 2 aromatic carbocycles. The van der Waals surface area contributed by atoms with E-state index in [0.717, 1.165) is 22.0 Å². The molecule has 0 aromatic heterocycles. The molecule has 2 rings (SSSR count). The fourth-order valence-corrected chi connectivity index (χ4v) is 5.09. The predicted octanol–water partition coefficient (Wildman–Crippen LogP) is 7.63. The molecule has 0 spiro atoms. The molecule has 0 radical (unpaired) electrons. The third-order valence-electron chi connectivity index (χ3n) is 5.16. The molecule has 202 valence electrons. The molecule has 37 heavy (non-hydrogen) atoms. The quantitative estimate of drug-likeness (QED) is 0.289. The van der Waals surface area contributed by atoms with E-state index >= 15 is 0 Å². The van der Waals surface area contributed by atoms with Crippen molar-refractivity contribution in [3.63, 3.8) is 0 Å². The van der Waals surface area contributed by atoms with Crippen molar-refractivity contribution in [2.24, 2.45) is 0 Å². The van der Waals surface area contributed by atoms with E-state index in [-0.39, 0.29) is 44.0 Å². The zero-order valence-electron chi connectivity index (χ0n) is 24.9. The van der Waals surface area contributed by atoms with Crippen LogP contribution in [0.25, 0.3) is 0 Å². The van der Waals surface area contributed by atoms with Crippen molar-refractivity contribution >= 4 is 38.3 Å². The molecule has 2 aromatic rings. The van der Waals surface area contributed by atoms with Gasteiger partial charge in [0.1, 0.15) is 34.1 Å². The summed E-state index contributed by atoms with van der Waals surface area (Å²) in [6, 6.07) is 8.07. The Labute approximate surface area is 239 Å². The number of benzene rings is 2. The van der Waals surface area contributed by atoms with E-state index in [4.69, 9.17) is 14.2 Å². The molecule has 0 fully saturated rings. The van der Waals surface area contributed by atoms with Gasteiger partial charge >= 0.3 is 18.9 Å². The van der Waals surface area contributed by atoms with Crippen LogP contribution >= 0.6 is 8.58 Å². The van der Waals surface area contributed by atoms with Crippen molar-refractivity contribution in [1.82, 2.24) is 0 Å². The van der Waals surface area contributed by atoms with Crippen LogP contribution in [0.2, 0.25) is 0 Å². The Bertz CT molecular complexity index is 1050. The third kappa shape index (κ3) is 10.3. The first-order valence-corrected chi connectivity index (χ1v) is 13.7. The number of aryl methyl sites for hydroxylation is 2. The van der Waals surface area contributed by atoms with Crippen LogP contribution in [0.15, 0.2) is 24.3 Å². The van der Waals surface area contributed by atoms with Gasteiger partial charge in [-0.05, 0) is 107 Å². The van der Waals surface area contributed by atoms with E-state index in [1.54, 1.807) is 0 Å². The van der Waals surface area contributed by atoms with Crippen LogP contribution in [0.3, 0.4) is 0 Å². The van der Waals surface area contributed by atoms with Gasteiger partial charge in [-0.3, -0.25) is 4.79 Å². The zero-order valence-corrected chi connectivity index (χ0v) is 25.9. The molecule has 1 atom stereocenters. The van der Waals surface area contributed by atoms with Gasteiger partial charge in [-0.25, -0.2) is 0 Å². The summed E-state index contributed by atoms with van der Waals surface area (Å²) in [5.74, 6) is 1.90. The van der Waals surface area contributed by atoms with E-state index in [2.05, 4.69) is 32.9 Å². The van der Waals surface area contributed by atoms with Gasteiger partial charge in [-0.15, -0.1) is 0 Å². The summed E-state index contributed by atoms with van der Waals surface area (Å²) in [6.07, 6.45) is 0. The number of hydrogen-bond acceptors (Lipinski definition) is 4. The molecule has 0 amide bonds. The number of hydrogen-bond donors (Lipinski definition) is 0. The van der Waals surface area contributed by atoms with Gasteiger partial charge in [0, 0.05) is 17.7 Å². The first-order chi connectivity index (χ1) is 16.1. The summed E-state index contributed by atoms with van der Waals surface area (Å²) in [5.41, 5.74) is 2.80. The first-order valence-electron chi connectivity index (χ1n) is 12.7. The summed E-state index contributed by atoms with van der Waals surface area (Å²) in [4.78, 5) is 13.8. The van der Waals surface area contributed by atoms with Crippen molar-refractivity contribution in [2.45, 2.75) is 119 Å². The van der Waals surface area contributed by atoms with Crippen LogP contribution < -0.4 is 19.5 Å². The van der Waals surface area contributed by atoms with Gasteiger partial charge in [-0.2, -0.15) is 0 Å². The number of ether oxygens (including phenoxy) is 3. The summed E-state index contributed by atoms with van der Waals surface area (Å²) in [5, 5.41) is 0.768. The summed E-state index contributed by atoms with van der Waals surface area (Å²) < 4.78 is 19.0. The van der Waals surface area contributed by atoms with E-state index in [0.29, 0.717) is 17.2 Å². The van der Waals surface area contributed by atoms with Crippen molar-refractivity contribution in [3.8, 4) is 17.2 Å². The van der Waals surface area contributed by atoms with E-state index in [9.17, 15) is 4.79 Å². The van der Waals surface area contributed by atoms with Crippen LogP contribution in [0, 0.1) is 13.8 Å². The Balaban J connectivity index is 0.00000684. The molecule has 4 nitrogen and oxygen atoms in total. The zero-order chi connectivity index (χ0) is 27.9. The van der Waals surface area contributed by atoms with Gasteiger partial charge in [0.05, 0.1) is 5.30 Å². The van der Waals surface area contributed by atoms with Gasteiger partial charge in [0.25, 0.3) is 0 Å². The molecule has 0 aliphatic heterocycles. The van der Waals surface area contributed by atoms with Crippen LogP contribution in [-0.4, -0.2) is 41.2 Å². The molecular formula is C31H48LiO4P. The molecule has 0 saturated carbocycles. The van der Waals surface area contributed by atoms with Crippen LogP contribution in [-0.2, 0) is 5.41 Å². The van der Waals surface area contributed by atoms with E-state index in [1.165, 1.54) is 5.56 Å². The minimum atomic E-state index is -0.457. The second-order valence-electron chi connectivity index (χ2n) is 13.6. The normalized spacial score (nSPS) is 12.9. The average molecular weight is 523 g/mol. The minimum absolute atomic E-state index is 0. The summed E-state index contributed by atoms with van der Waals surface area (Å²) in [6.45, 7) is 28.7. The van der Waals surface area contributed by atoms with E-state index < -0.39 is 11.2 Å². The Kier molecular flexibility index (Phi) is 10.6. The second kappa shape index (κ2) is 11.7. The summed E-state index contributed by atoms with van der Waals surface area (Å²) >= 11 is 0. The van der Waals surface area contributed by atoms with Crippen LogP contribution in [0.1, 0.15) is 110 Å². The molecule has 0 aliphatic rings. The number of carbonyl (C=O) groups is 1. The molecule has 0 aliphatic carbocycles. The molecule has 0 bridgehead atoms. The SMILES string of the molecule is Cc1cc(C(C)(C)C)cc(C)c1C(=O)Pc1c(OC(C)(C)C)cc(OC(C)(C)C)cc1OC(C)(C)C.[LiH]. The number of rotatable bonds is 6. The van der Waals surface area contributed by atoms with Gasteiger partial charge in [-0.1, -0.05) is 32.9 Å². The monoisotopic (exact) mass is 522 g/mol. The van der Waals surface area contributed by atoms with Crippen molar-refractivity contribution in [1.29, 1.82) is 0 Å². The van der Waals surface area contributed by atoms with Crippen molar-refractivity contribution in [3.05, 3.63) is 46.5 Å². The van der Waals surface area contributed by atoms with E-state index in [1.807, 2.05) is 88.3 Å². The average Bonchev–Trinajstić information content (AvgIpc) is 2.59. The molecule has 0 saturated heterocycles. The fraction of sp³-hybridized carbons (Fsp3) is 0.581. The van der Waals surface area contributed by atoms with Crippen LogP contribution in [0.4, 0.5) is 0 Å². The molecule has 0 heterocycles. The Morgan fingerprint density at radius 2 is 1.03 bits per heavy atom. The fourth-order valence-electron chi connectivity index (χ4n) is 3.85. The predicted molar refractivity (Wildman–Crippen MR) is 162 cm³/mol. The Morgan fingerprint density at radius 3 is 1.35 bits per heavy atom. The summed E-state index contributed by atoms with van der Waals surface area (Å²) in [7, 11) is -0.159. The first kappa shape index (κ1) is 33.6. The Hall–Kier alpha value is -1.46. The van der Waals surface area contributed by atoms with Crippen molar-refractivity contribution in [2.75, 3.05) is 0 Å². The van der Waals surface area contributed by atoms with Crippen LogP contribution in [0.5, 0.6) is 17.2 Å². The maximum atomic E-state index is 13.8. The molecule has 1 unspecified atom stereocenters. The number of carbonyl (C=O) groups excluding carboxylic acids is 1. The third-order valence-corrected chi connectivity index (χ3v) is 6.38. The second-order valence-corrected chi connectivity index (χ2v) is 14.8. The van der Waals surface area contributed by atoms with Gasteiger partial charge in [0.2, 0.25) is 0 Å². The molecular weight excluding hydrogens is 474 g/mol. The van der Waals surface area contributed by atoms with Crippen molar-refractivity contribution < 1.29 is 19.0 Å².